The van der Waals surface area contributed by atoms with Gasteiger partial charge in [-0.15, -0.1) is 0 Å². The van der Waals surface area contributed by atoms with E-state index in [9.17, 15) is 4.79 Å². The van der Waals surface area contributed by atoms with Gasteiger partial charge in [-0.3, -0.25) is 0 Å². The first-order chi connectivity index (χ1) is 7.59. The molecule has 0 spiro atoms. The highest BCUT2D eigenvalue weighted by Crippen LogP contribution is 2.30. The maximum Gasteiger partial charge on any atom is 0.345 e. The number of carbonyl (C=O) groups is 1. The topological polar surface area (TPSA) is 35.9 Å². The molecule has 16 heavy (non-hydrogen) atoms. The molecule has 1 aliphatic rings. The number of amides is 2. The highest BCUT2D eigenvalue weighted by molar-refractivity contribution is 6.36. The molecule has 0 radical (unpaired) electrons. The lowest BCUT2D eigenvalue weighted by Gasteiger charge is -2.27. The molecule has 1 aromatic rings. The Morgan fingerprint density at radius 2 is 2.12 bits per heavy atom. The summed E-state index contributed by atoms with van der Waals surface area (Å²) in [7, 11) is 1.70. The van der Waals surface area contributed by atoms with Gasteiger partial charge in [0.25, 0.3) is 0 Å². The van der Waals surface area contributed by atoms with Crippen LogP contribution in [-0.2, 0) is 0 Å². The first kappa shape index (κ1) is 11.2. The lowest BCUT2D eigenvalue weighted by Crippen LogP contribution is -2.43. The van der Waals surface area contributed by atoms with Crippen molar-refractivity contribution in [3.8, 4) is 0 Å². The van der Waals surface area contributed by atoms with E-state index in [1.54, 1.807) is 31.5 Å². The number of rotatable bonds is 1. The average Bonchev–Trinajstić information content (AvgIpc) is 2.23. The fraction of sp³-hybridized carbons (Fsp3) is 0.200. The van der Waals surface area contributed by atoms with Gasteiger partial charge in [-0.1, -0.05) is 23.2 Å². The van der Waals surface area contributed by atoms with Gasteiger partial charge in [-0.2, -0.15) is 10.1 Å². The quantitative estimate of drug-likeness (QED) is 0.762. The van der Waals surface area contributed by atoms with Crippen LogP contribution in [0.2, 0.25) is 10.0 Å². The van der Waals surface area contributed by atoms with Crippen LogP contribution in [0.5, 0.6) is 0 Å². The molecule has 2 amide bonds. The molecule has 84 valence electrons. The molecular weight excluding hydrogens is 249 g/mol. The maximum atomic E-state index is 11.8. The molecule has 6 heteroatoms. The van der Waals surface area contributed by atoms with E-state index in [1.165, 1.54) is 9.91 Å². The van der Waals surface area contributed by atoms with E-state index in [1.807, 2.05) is 0 Å². The molecule has 4 nitrogen and oxygen atoms in total. The average molecular weight is 258 g/mol. The summed E-state index contributed by atoms with van der Waals surface area (Å²) in [4.78, 5) is 13.3. The number of anilines is 1. The van der Waals surface area contributed by atoms with Crippen LogP contribution in [0.4, 0.5) is 10.5 Å². The van der Waals surface area contributed by atoms with Crippen molar-refractivity contribution in [1.29, 1.82) is 0 Å². The van der Waals surface area contributed by atoms with Gasteiger partial charge in [0.05, 0.1) is 17.3 Å². The van der Waals surface area contributed by atoms with Crippen molar-refractivity contribution < 1.29 is 4.79 Å². The molecule has 0 aromatic heterocycles. The first-order valence-corrected chi connectivity index (χ1v) is 5.38. The SMILES string of the molecule is CN1CC=NN(c2ccc(Cl)cc2Cl)C1=O. The van der Waals surface area contributed by atoms with Crippen molar-refractivity contribution in [2.24, 2.45) is 5.10 Å². The number of nitrogens with zero attached hydrogens (tertiary/aromatic N) is 3. The Labute approximate surface area is 103 Å². The Morgan fingerprint density at radius 1 is 1.38 bits per heavy atom. The van der Waals surface area contributed by atoms with Gasteiger partial charge in [-0.25, -0.2) is 4.79 Å². The van der Waals surface area contributed by atoms with Crippen LogP contribution in [0, 0.1) is 0 Å². The van der Waals surface area contributed by atoms with E-state index >= 15 is 0 Å². The predicted octanol–water partition coefficient (Wildman–Crippen LogP) is 2.85. The smallest absolute Gasteiger partial charge is 0.321 e. The fourth-order valence-electron chi connectivity index (χ4n) is 1.35. The highest BCUT2D eigenvalue weighted by atomic mass is 35.5. The van der Waals surface area contributed by atoms with Gasteiger partial charge in [0.15, 0.2) is 0 Å². The van der Waals surface area contributed by atoms with Crippen LogP contribution < -0.4 is 5.01 Å². The minimum Gasteiger partial charge on any atom is -0.321 e. The summed E-state index contributed by atoms with van der Waals surface area (Å²) in [6.07, 6.45) is 1.65. The van der Waals surface area contributed by atoms with Crippen molar-refractivity contribution in [2.45, 2.75) is 0 Å². The first-order valence-electron chi connectivity index (χ1n) is 4.62. The molecular formula is C10H9Cl2N3O. The summed E-state index contributed by atoms with van der Waals surface area (Å²) in [6, 6.07) is 4.70. The monoisotopic (exact) mass is 257 g/mol. The van der Waals surface area contributed by atoms with Gasteiger partial charge >= 0.3 is 6.03 Å². The summed E-state index contributed by atoms with van der Waals surface area (Å²) in [5.74, 6) is 0. The summed E-state index contributed by atoms with van der Waals surface area (Å²) in [5, 5.41) is 6.18. The molecule has 2 rings (SSSR count). The molecule has 0 saturated carbocycles. The Bertz CT molecular complexity index is 461. The van der Waals surface area contributed by atoms with E-state index in [4.69, 9.17) is 23.2 Å². The number of benzene rings is 1. The highest BCUT2D eigenvalue weighted by Gasteiger charge is 2.23. The van der Waals surface area contributed by atoms with Gasteiger partial charge in [-0.05, 0) is 18.2 Å². The summed E-state index contributed by atoms with van der Waals surface area (Å²) < 4.78 is 0. The lowest BCUT2D eigenvalue weighted by atomic mass is 10.3. The van der Waals surface area contributed by atoms with Crippen molar-refractivity contribution in [3.05, 3.63) is 28.2 Å². The molecule has 1 aromatic carbocycles. The number of carbonyl (C=O) groups excluding carboxylic acids is 1. The van der Waals surface area contributed by atoms with Crippen LogP contribution in [0.3, 0.4) is 0 Å². The third-order valence-corrected chi connectivity index (χ3v) is 2.74. The number of hydrogen-bond donors (Lipinski definition) is 0. The molecule has 0 saturated heterocycles. The normalized spacial score (nSPS) is 15.8. The second kappa shape index (κ2) is 4.31. The zero-order valence-electron chi connectivity index (χ0n) is 8.52. The van der Waals surface area contributed by atoms with Crippen LogP contribution in [0.15, 0.2) is 23.3 Å². The Hall–Kier alpha value is -1.26. The number of halogens is 2. The standard InChI is InChI=1S/C10H9Cl2N3O/c1-14-5-4-13-15(10(14)16)9-3-2-7(11)6-8(9)12/h2-4,6H,5H2,1H3. The van der Waals surface area contributed by atoms with E-state index in [0.29, 0.717) is 22.3 Å². The van der Waals surface area contributed by atoms with Crippen molar-refractivity contribution in [1.82, 2.24) is 4.90 Å². The summed E-state index contributed by atoms with van der Waals surface area (Å²) in [5.41, 5.74) is 0.527. The van der Waals surface area contributed by atoms with Crippen molar-refractivity contribution in [2.75, 3.05) is 18.6 Å². The third-order valence-electron chi connectivity index (χ3n) is 2.20. The minimum absolute atomic E-state index is 0.216. The van der Waals surface area contributed by atoms with Gasteiger partial charge in [0, 0.05) is 18.3 Å². The number of urea groups is 1. The fourth-order valence-corrected chi connectivity index (χ4v) is 1.84. The van der Waals surface area contributed by atoms with Gasteiger partial charge in [0.1, 0.15) is 0 Å². The number of hydrazone groups is 1. The molecule has 0 aliphatic carbocycles. The lowest BCUT2D eigenvalue weighted by molar-refractivity contribution is 0.219. The largest absolute Gasteiger partial charge is 0.345 e. The van der Waals surface area contributed by atoms with E-state index < -0.39 is 0 Å². The second-order valence-electron chi connectivity index (χ2n) is 3.37. The van der Waals surface area contributed by atoms with Crippen LogP contribution in [0.25, 0.3) is 0 Å². The molecule has 0 N–H and O–H groups in total. The summed E-state index contributed by atoms with van der Waals surface area (Å²) >= 11 is 11.8. The molecule has 0 atom stereocenters. The van der Waals surface area contributed by atoms with Gasteiger partial charge < -0.3 is 4.90 Å². The molecule has 0 fully saturated rings. The Morgan fingerprint density at radius 3 is 2.81 bits per heavy atom. The maximum absolute atomic E-state index is 11.8. The second-order valence-corrected chi connectivity index (χ2v) is 4.21. The zero-order chi connectivity index (χ0) is 11.7. The van der Waals surface area contributed by atoms with Crippen molar-refractivity contribution >= 4 is 41.1 Å². The molecule has 0 bridgehead atoms. The molecule has 1 heterocycles. The number of hydrogen-bond acceptors (Lipinski definition) is 2. The Balaban J connectivity index is 2.40. The molecule has 0 unspecified atom stereocenters. The van der Waals surface area contributed by atoms with E-state index in [2.05, 4.69) is 5.10 Å². The van der Waals surface area contributed by atoms with E-state index in [0.717, 1.165) is 0 Å². The van der Waals surface area contributed by atoms with Crippen LogP contribution >= 0.6 is 23.2 Å². The minimum atomic E-state index is -0.216. The van der Waals surface area contributed by atoms with Crippen LogP contribution in [0.1, 0.15) is 0 Å². The summed E-state index contributed by atoms with van der Waals surface area (Å²) in [6.45, 7) is 0.501. The van der Waals surface area contributed by atoms with E-state index in [-0.39, 0.29) is 6.03 Å². The zero-order valence-corrected chi connectivity index (χ0v) is 10.0. The predicted molar refractivity (Wildman–Crippen MR) is 65.5 cm³/mol. The third kappa shape index (κ3) is 1.99. The van der Waals surface area contributed by atoms with Crippen molar-refractivity contribution in [3.63, 3.8) is 0 Å². The Kier molecular flexibility index (Phi) is 3.03. The molecule has 1 aliphatic heterocycles. The van der Waals surface area contributed by atoms with Crippen LogP contribution in [-0.4, -0.2) is 30.7 Å². The van der Waals surface area contributed by atoms with Gasteiger partial charge in [0.2, 0.25) is 0 Å².